The Balaban J connectivity index is 1.68. The van der Waals surface area contributed by atoms with E-state index in [4.69, 9.17) is 9.47 Å². The molecule has 0 aliphatic carbocycles. The molecule has 0 saturated heterocycles. The molecule has 226 valence electrons. The van der Waals surface area contributed by atoms with Crippen molar-refractivity contribution in [3.05, 3.63) is 102 Å². The molecule has 8 heteroatoms. The standard InChI is InChI=1S/C36H36N2O6/c1-19-13-21(35(3,4)5)15-25-27(19)17-43-29-11-9-23(33(31(25)29)37(39)40)24-10-12-30-32(34(24)38(41)42)26-16-22(36(6,7)8)14-20(2)28(26)18-44-30/h9-16H,17-18H2,1-8H3. The van der Waals surface area contributed by atoms with E-state index in [9.17, 15) is 20.2 Å². The zero-order valence-corrected chi connectivity index (χ0v) is 26.4. The minimum atomic E-state index is -0.443. The topological polar surface area (TPSA) is 105 Å². The van der Waals surface area contributed by atoms with Gasteiger partial charge in [-0.05, 0) is 94.5 Å². The highest BCUT2D eigenvalue weighted by atomic mass is 16.6. The molecule has 44 heavy (non-hydrogen) atoms. The van der Waals surface area contributed by atoms with E-state index in [0.717, 1.165) is 44.5 Å². The fourth-order valence-electron chi connectivity index (χ4n) is 6.35. The highest BCUT2D eigenvalue weighted by Crippen LogP contribution is 2.54. The summed E-state index contributed by atoms with van der Waals surface area (Å²) in [5, 5.41) is 25.9. The van der Waals surface area contributed by atoms with Crippen molar-refractivity contribution in [2.24, 2.45) is 0 Å². The van der Waals surface area contributed by atoms with Crippen LogP contribution in [0.5, 0.6) is 11.5 Å². The minimum absolute atomic E-state index is 0.161. The van der Waals surface area contributed by atoms with Gasteiger partial charge in [-0.3, -0.25) is 20.2 Å². The minimum Gasteiger partial charge on any atom is -0.488 e. The van der Waals surface area contributed by atoms with E-state index >= 15 is 0 Å². The Kier molecular flexibility index (Phi) is 6.61. The van der Waals surface area contributed by atoms with Crippen molar-refractivity contribution in [2.75, 3.05) is 0 Å². The van der Waals surface area contributed by atoms with E-state index in [1.807, 2.05) is 26.0 Å². The summed E-state index contributed by atoms with van der Waals surface area (Å²) in [6.45, 7) is 17.1. The Morgan fingerprint density at radius 3 is 1.27 bits per heavy atom. The molecular weight excluding hydrogens is 556 g/mol. The highest BCUT2D eigenvalue weighted by molar-refractivity contribution is 5.98. The molecule has 0 fully saturated rings. The number of hydrogen-bond acceptors (Lipinski definition) is 6. The van der Waals surface area contributed by atoms with Gasteiger partial charge in [0.25, 0.3) is 11.4 Å². The van der Waals surface area contributed by atoms with E-state index in [1.54, 1.807) is 24.3 Å². The first kappa shape index (κ1) is 29.4. The van der Waals surface area contributed by atoms with Crippen molar-refractivity contribution in [2.45, 2.75) is 79.4 Å². The van der Waals surface area contributed by atoms with Gasteiger partial charge in [0.1, 0.15) is 35.8 Å². The van der Waals surface area contributed by atoms with Crippen LogP contribution in [-0.4, -0.2) is 9.85 Å². The van der Waals surface area contributed by atoms with E-state index in [-0.39, 0.29) is 46.5 Å². The first-order valence-corrected chi connectivity index (χ1v) is 14.8. The van der Waals surface area contributed by atoms with E-state index in [2.05, 4.69) is 53.7 Å². The Labute approximate surface area is 257 Å². The molecule has 0 aromatic heterocycles. The maximum absolute atomic E-state index is 13.0. The molecular formula is C36H36N2O6. The number of fused-ring (bicyclic) bond motifs is 6. The summed E-state index contributed by atoms with van der Waals surface area (Å²) in [5.74, 6) is 0.774. The predicted octanol–water partition coefficient (Wildman–Crippen LogP) is 9.50. The van der Waals surface area contributed by atoms with Crippen LogP contribution >= 0.6 is 0 Å². The van der Waals surface area contributed by atoms with Crippen molar-refractivity contribution < 1.29 is 19.3 Å². The molecule has 4 aromatic carbocycles. The van der Waals surface area contributed by atoms with Crippen LogP contribution in [0.4, 0.5) is 11.4 Å². The van der Waals surface area contributed by atoms with Gasteiger partial charge < -0.3 is 9.47 Å². The first-order valence-electron chi connectivity index (χ1n) is 14.8. The Morgan fingerprint density at radius 1 is 0.591 bits per heavy atom. The third-order valence-corrected chi connectivity index (χ3v) is 8.90. The summed E-state index contributed by atoms with van der Waals surface area (Å²) in [5.41, 5.74) is 7.44. The van der Waals surface area contributed by atoms with Crippen LogP contribution in [-0.2, 0) is 24.0 Å². The molecule has 8 nitrogen and oxygen atoms in total. The average molecular weight is 593 g/mol. The number of benzene rings is 4. The summed E-state index contributed by atoms with van der Waals surface area (Å²) < 4.78 is 12.1. The monoisotopic (exact) mass is 592 g/mol. The third kappa shape index (κ3) is 4.60. The molecule has 0 spiro atoms. The fraction of sp³-hybridized carbons (Fsp3) is 0.333. The molecule has 2 heterocycles. The van der Waals surface area contributed by atoms with Crippen molar-refractivity contribution >= 4 is 11.4 Å². The van der Waals surface area contributed by atoms with Crippen LogP contribution in [0, 0.1) is 34.1 Å². The summed E-state index contributed by atoms with van der Waals surface area (Å²) >= 11 is 0. The van der Waals surface area contributed by atoms with Gasteiger partial charge in [0, 0.05) is 11.1 Å². The molecule has 0 N–H and O–H groups in total. The summed E-state index contributed by atoms with van der Waals surface area (Å²) in [6.07, 6.45) is 0. The number of rotatable bonds is 3. The number of nitrogens with zero attached hydrogens (tertiary/aromatic N) is 2. The quantitative estimate of drug-likeness (QED) is 0.173. The number of hydrogen-bond donors (Lipinski definition) is 0. The van der Waals surface area contributed by atoms with Crippen LogP contribution < -0.4 is 9.47 Å². The van der Waals surface area contributed by atoms with Gasteiger partial charge >= 0.3 is 0 Å². The van der Waals surface area contributed by atoms with Crippen molar-refractivity contribution in [1.29, 1.82) is 0 Å². The first-order chi connectivity index (χ1) is 20.6. The number of aryl methyl sites for hydroxylation is 2. The van der Waals surface area contributed by atoms with Gasteiger partial charge in [-0.1, -0.05) is 53.7 Å². The maximum atomic E-state index is 13.0. The maximum Gasteiger partial charge on any atom is 0.288 e. The molecule has 0 radical (unpaired) electrons. The molecule has 0 atom stereocenters. The van der Waals surface area contributed by atoms with Crippen LogP contribution in [0.15, 0.2) is 48.5 Å². The van der Waals surface area contributed by atoms with E-state index in [1.165, 1.54) is 0 Å². The Hall–Kier alpha value is -4.72. The lowest BCUT2D eigenvalue weighted by molar-refractivity contribution is -0.385. The number of nitro groups is 2. The van der Waals surface area contributed by atoms with Gasteiger partial charge in [0.15, 0.2) is 0 Å². The van der Waals surface area contributed by atoms with Crippen LogP contribution in [0.25, 0.3) is 33.4 Å². The van der Waals surface area contributed by atoms with Gasteiger partial charge in [0.05, 0.1) is 21.0 Å². The molecule has 2 aliphatic heterocycles. The average Bonchev–Trinajstić information content (AvgIpc) is 2.94. The van der Waals surface area contributed by atoms with Gasteiger partial charge in [0.2, 0.25) is 0 Å². The van der Waals surface area contributed by atoms with Gasteiger partial charge in [-0.2, -0.15) is 0 Å². The predicted molar refractivity (Wildman–Crippen MR) is 172 cm³/mol. The van der Waals surface area contributed by atoms with E-state index < -0.39 is 9.85 Å². The van der Waals surface area contributed by atoms with Crippen molar-refractivity contribution in [3.8, 4) is 44.9 Å². The molecule has 4 aromatic rings. The second-order valence-electron chi connectivity index (χ2n) is 13.9. The second kappa shape index (κ2) is 9.91. The Morgan fingerprint density at radius 2 is 0.955 bits per heavy atom. The molecule has 6 rings (SSSR count). The number of ether oxygens (including phenoxy) is 2. The van der Waals surface area contributed by atoms with Crippen molar-refractivity contribution in [1.82, 2.24) is 0 Å². The lowest BCUT2D eigenvalue weighted by Gasteiger charge is -2.28. The highest BCUT2D eigenvalue weighted by Gasteiger charge is 2.37. The molecule has 2 aliphatic rings. The SMILES string of the molecule is Cc1cc(C(C)(C)C)cc2c1COc1ccc(-c3ccc4c(c3[N+](=O)[O-])-c3cc(C(C)(C)C)cc(C)c3CO4)c([N+](=O)[O-])c1-2. The van der Waals surface area contributed by atoms with Crippen LogP contribution in [0.1, 0.15) is 74.9 Å². The van der Waals surface area contributed by atoms with Gasteiger partial charge in [-0.15, -0.1) is 0 Å². The molecule has 0 bridgehead atoms. The molecule has 0 saturated carbocycles. The summed E-state index contributed by atoms with van der Waals surface area (Å²) in [6, 6.07) is 14.7. The third-order valence-electron chi connectivity index (χ3n) is 8.90. The smallest absolute Gasteiger partial charge is 0.288 e. The molecule has 0 unspecified atom stereocenters. The summed E-state index contributed by atoms with van der Waals surface area (Å²) in [4.78, 5) is 25.0. The largest absolute Gasteiger partial charge is 0.488 e. The van der Waals surface area contributed by atoms with Gasteiger partial charge in [-0.25, -0.2) is 0 Å². The fourth-order valence-corrected chi connectivity index (χ4v) is 6.35. The van der Waals surface area contributed by atoms with Crippen molar-refractivity contribution in [3.63, 3.8) is 0 Å². The van der Waals surface area contributed by atoms with Crippen LogP contribution in [0.2, 0.25) is 0 Å². The van der Waals surface area contributed by atoms with E-state index in [0.29, 0.717) is 22.6 Å². The zero-order chi connectivity index (χ0) is 31.9. The zero-order valence-electron chi connectivity index (χ0n) is 26.4. The molecule has 0 amide bonds. The Bertz CT molecular complexity index is 1770. The van der Waals surface area contributed by atoms with Crippen LogP contribution in [0.3, 0.4) is 0 Å². The normalized spacial score (nSPS) is 13.5. The summed E-state index contributed by atoms with van der Waals surface area (Å²) in [7, 11) is 0. The lowest BCUT2D eigenvalue weighted by atomic mass is 9.80. The number of nitro benzene ring substituents is 2. The second-order valence-corrected chi connectivity index (χ2v) is 13.9. The lowest BCUT2D eigenvalue weighted by Crippen LogP contribution is -2.16.